The molecular weight excluding hydrogens is 836 g/mol. The number of nitrogens with one attached hydrogen (secondary N) is 2. The summed E-state index contributed by atoms with van der Waals surface area (Å²) in [4.78, 5) is 24.9. The first kappa shape index (κ1) is 50.0. The highest BCUT2D eigenvalue weighted by atomic mass is 16.8. The van der Waals surface area contributed by atoms with Crippen molar-refractivity contribution in [2.24, 2.45) is 0 Å². The van der Waals surface area contributed by atoms with Crippen LogP contribution < -0.4 is 10.6 Å². The SMILES string of the molecule is CC(=O)N[C@H]1[C@H](O[C@H]2[C@@H](O)[C@@H](CO)O[C@@H](O[C@H]3[C@H](O)[C@@H](CO)O[C@@H](O[C@@H]4[C@@H](O)[C@H](O)O[C@H](CO)[C@@H]4O)[C@@H]3NC(C)=O)[C@@H]2O[C@@H]2O[C@@H](C)[C@@H](O)[C@@H](O)[C@@H]2O)O[C@H](CO)[C@@H](O)[C@@H]1O. The minimum Gasteiger partial charge on any atom is -0.394 e. The summed E-state index contributed by atoms with van der Waals surface area (Å²) in [5.74, 6) is -1.59. The van der Waals surface area contributed by atoms with Crippen LogP contribution >= 0.6 is 0 Å². The van der Waals surface area contributed by atoms with Crippen LogP contribution in [0.2, 0.25) is 0 Å². The van der Waals surface area contributed by atoms with Crippen LogP contribution in [-0.2, 0) is 52.2 Å². The van der Waals surface area contributed by atoms with E-state index in [1.54, 1.807) is 0 Å². The molecule has 0 saturated carbocycles. The van der Waals surface area contributed by atoms with E-state index in [0.717, 1.165) is 13.8 Å². The van der Waals surface area contributed by atoms with E-state index in [9.17, 15) is 81.1 Å². The maximum atomic E-state index is 12.7. The number of aliphatic hydroxyl groups is 14. The minimum atomic E-state index is -2.08. The summed E-state index contributed by atoms with van der Waals surface area (Å²) < 4.78 is 52.2. The molecule has 25 atom stereocenters. The molecule has 5 aliphatic heterocycles. The molecule has 0 aliphatic carbocycles. The lowest BCUT2D eigenvalue weighted by molar-refractivity contribution is -0.399. The van der Waals surface area contributed by atoms with Gasteiger partial charge in [0.25, 0.3) is 0 Å². The fraction of sp³-hybridized carbons (Fsp3) is 0.941. The maximum absolute atomic E-state index is 12.7. The Kier molecular flexibility index (Phi) is 17.5. The van der Waals surface area contributed by atoms with Crippen molar-refractivity contribution in [3.63, 3.8) is 0 Å². The smallest absolute Gasteiger partial charge is 0.217 e. The Labute approximate surface area is 346 Å². The number of carbonyl (C=O) groups is 2. The first-order valence-electron chi connectivity index (χ1n) is 19.5. The predicted molar refractivity (Wildman–Crippen MR) is 188 cm³/mol. The van der Waals surface area contributed by atoms with Gasteiger partial charge in [0.15, 0.2) is 31.5 Å². The Hall–Kier alpha value is -1.98. The number of aliphatic hydroxyl groups excluding tert-OH is 14. The summed E-state index contributed by atoms with van der Waals surface area (Å²) in [6.07, 6.45) is -42.2. The molecule has 16 N–H and O–H groups in total. The maximum Gasteiger partial charge on any atom is 0.217 e. The Balaban J connectivity index is 1.57. The summed E-state index contributed by atoms with van der Waals surface area (Å²) in [7, 11) is 0. The standard InChI is InChI=1S/C34H58N2O25/c1-8-17(43)23(49)24(50)33(53-8)61-29-28(60-31-15(35-9(2)41)22(48)18(44)11(4-37)55-31)21(47)14(7-40)57-34(29)58-26-16(36-10(3)42)32(56-13(6-39)19(26)45)59-27-20(46)12(5-38)54-30(52)25(27)51/h8,11-34,37-40,43-52H,4-7H2,1-3H3,(H,35,41)(H,36,42)/t8-,11+,12+,13+,14+,15+,16+,17+,18+,19+,20-,21-,22+,23+,24-,25+,26+,27-,28-,29+,30+,31-,32-,33-,34-/m0/s1. The topological polar surface area (TPSA) is 424 Å². The molecule has 5 rings (SSSR count). The summed E-state index contributed by atoms with van der Waals surface area (Å²) in [5, 5.41) is 154. The van der Waals surface area contributed by atoms with Crippen molar-refractivity contribution in [1.82, 2.24) is 10.6 Å². The van der Waals surface area contributed by atoms with Crippen molar-refractivity contribution in [3.05, 3.63) is 0 Å². The van der Waals surface area contributed by atoms with Crippen molar-refractivity contribution in [2.75, 3.05) is 26.4 Å². The van der Waals surface area contributed by atoms with Crippen molar-refractivity contribution >= 4 is 11.8 Å². The predicted octanol–water partition coefficient (Wildman–Crippen LogP) is -10.6. The van der Waals surface area contributed by atoms with Gasteiger partial charge in [0.1, 0.15) is 116 Å². The van der Waals surface area contributed by atoms with Crippen molar-refractivity contribution < 1.29 is 124 Å². The van der Waals surface area contributed by atoms with Crippen LogP contribution in [0.1, 0.15) is 20.8 Å². The molecule has 0 aromatic carbocycles. The van der Waals surface area contributed by atoms with Crippen molar-refractivity contribution in [2.45, 2.75) is 174 Å². The molecule has 5 saturated heterocycles. The van der Waals surface area contributed by atoms with Crippen LogP contribution in [0.5, 0.6) is 0 Å². The first-order valence-corrected chi connectivity index (χ1v) is 19.5. The van der Waals surface area contributed by atoms with Gasteiger partial charge in [-0.2, -0.15) is 0 Å². The zero-order chi connectivity index (χ0) is 45.2. The van der Waals surface area contributed by atoms with Gasteiger partial charge in [-0.05, 0) is 6.92 Å². The van der Waals surface area contributed by atoms with E-state index in [-0.39, 0.29) is 0 Å². The van der Waals surface area contributed by atoms with Gasteiger partial charge < -0.3 is 125 Å². The Bertz CT molecular complexity index is 1420. The Morgan fingerprint density at radius 2 is 0.852 bits per heavy atom. The number of ether oxygens (including phenoxy) is 9. The molecule has 0 radical (unpaired) electrons. The summed E-state index contributed by atoms with van der Waals surface area (Å²) in [6.45, 7) is -0.358. The third-order valence-electron chi connectivity index (χ3n) is 11.1. The highest BCUT2D eigenvalue weighted by molar-refractivity contribution is 5.73. The van der Waals surface area contributed by atoms with Crippen LogP contribution in [0.25, 0.3) is 0 Å². The molecule has 27 heteroatoms. The summed E-state index contributed by atoms with van der Waals surface area (Å²) >= 11 is 0. The van der Waals surface area contributed by atoms with E-state index >= 15 is 0 Å². The molecule has 5 heterocycles. The molecule has 354 valence electrons. The van der Waals surface area contributed by atoms with Gasteiger partial charge in [0.2, 0.25) is 11.8 Å². The summed E-state index contributed by atoms with van der Waals surface area (Å²) in [5.41, 5.74) is 0. The van der Waals surface area contributed by atoms with Crippen LogP contribution in [0.4, 0.5) is 0 Å². The number of amides is 2. The lowest BCUT2D eigenvalue weighted by Crippen LogP contribution is -2.71. The molecule has 27 nitrogen and oxygen atoms in total. The second kappa shape index (κ2) is 21.3. The van der Waals surface area contributed by atoms with E-state index in [2.05, 4.69) is 10.6 Å². The lowest BCUT2D eigenvalue weighted by atomic mass is 9.93. The van der Waals surface area contributed by atoms with Crippen LogP contribution in [-0.4, -0.2) is 263 Å². The molecule has 0 unspecified atom stereocenters. The van der Waals surface area contributed by atoms with E-state index in [1.165, 1.54) is 6.92 Å². The normalized spacial score (nSPS) is 49.6. The highest BCUT2D eigenvalue weighted by Crippen LogP contribution is 2.37. The van der Waals surface area contributed by atoms with Gasteiger partial charge in [-0.3, -0.25) is 9.59 Å². The average molecular weight is 895 g/mol. The number of hydrogen-bond donors (Lipinski definition) is 16. The second-order valence-corrected chi connectivity index (χ2v) is 15.4. The molecule has 5 fully saturated rings. The van der Waals surface area contributed by atoms with E-state index in [1.807, 2.05) is 0 Å². The van der Waals surface area contributed by atoms with Gasteiger partial charge in [-0.1, -0.05) is 0 Å². The minimum absolute atomic E-state index is 0.763. The molecular formula is C34H58N2O25. The molecule has 0 bridgehead atoms. The van der Waals surface area contributed by atoms with E-state index < -0.39 is 192 Å². The van der Waals surface area contributed by atoms with E-state index in [4.69, 9.17) is 42.6 Å². The fourth-order valence-corrected chi connectivity index (χ4v) is 7.74. The summed E-state index contributed by atoms with van der Waals surface area (Å²) in [6, 6.07) is -3.36. The molecule has 5 aliphatic rings. The van der Waals surface area contributed by atoms with Gasteiger partial charge in [-0.15, -0.1) is 0 Å². The van der Waals surface area contributed by atoms with Crippen LogP contribution in [0, 0.1) is 0 Å². The highest BCUT2D eigenvalue weighted by Gasteiger charge is 2.58. The molecule has 0 spiro atoms. The zero-order valence-corrected chi connectivity index (χ0v) is 33.0. The third-order valence-corrected chi connectivity index (χ3v) is 11.1. The van der Waals surface area contributed by atoms with E-state index in [0.29, 0.717) is 0 Å². The largest absolute Gasteiger partial charge is 0.394 e. The fourth-order valence-electron chi connectivity index (χ4n) is 7.74. The van der Waals surface area contributed by atoms with Crippen molar-refractivity contribution in [1.29, 1.82) is 0 Å². The lowest BCUT2D eigenvalue weighted by Gasteiger charge is -2.51. The molecule has 61 heavy (non-hydrogen) atoms. The third kappa shape index (κ3) is 10.8. The zero-order valence-electron chi connectivity index (χ0n) is 33.0. The molecule has 0 aromatic rings. The molecule has 2 amide bonds. The van der Waals surface area contributed by atoms with Gasteiger partial charge in [-0.25, -0.2) is 0 Å². The Morgan fingerprint density at radius 3 is 1.41 bits per heavy atom. The molecule has 0 aromatic heterocycles. The Morgan fingerprint density at radius 1 is 0.426 bits per heavy atom. The van der Waals surface area contributed by atoms with Crippen LogP contribution in [0.3, 0.4) is 0 Å². The van der Waals surface area contributed by atoms with Crippen LogP contribution in [0.15, 0.2) is 0 Å². The van der Waals surface area contributed by atoms with Gasteiger partial charge in [0, 0.05) is 13.8 Å². The number of hydrogen-bond acceptors (Lipinski definition) is 25. The number of carbonyl (C=O) groups excluding carboxylic acids is 2. The van der Waals surface area contributed by atoms with Crippen molar-refractivity contribution in [3.8, 4) is 0 Å². The average Bonchev–Trinajstić information content (AvgIpc) is 3.22. The number of rotatable bonds is 14. The first-order chi connectivity index (χ1) is 28.8. The van der Waals surface area contributed by atoms with Gasteiger partial charge in [0.05, 0.1) is 32.5 Å². The monoisotopic (exact) mass is 894 g/mol. The second-order valence-electron chi connectivity index (χ2n) is 15.4. The quantitative estimate of drug-likeness (QED) is 0.0770. The van der Waals surface area contributed by atoms with Gasteiger partial charge >= 0.3 is 0 Å².